The molecule has 2 N–H and O–H groups in total. The minimum absolute atomic E-state index is 0.0782. The number of pyridine rings is 1. The molecule has 0 aliphatic carbocycles. The van der Waals surface area contributed by atoms with E-state index in [4.69, 9.17) is 5.73 Å². The minimum Gasteiger partial charge on any atom is -0.383 e. The lowest BCUT2D eigenvalue weighted by Crippen LogP contribution is -1.96. The first kappa shape index (κ1) is 13.0. The van der Waals surface area contributed by atoms with Crippen molar-refractivity contribution >= 4 is 27.4 Å². The monoisotopic (exact) mass is 341 g/mol. The van der Waals surface area contributed by atoms with E-state index in [9.17, 15) is 13.2 Å². The van der Waals surface area contributed by atoms with Crippen molar-refractivity contribution in [1.29, 1.82) is 0 Å². The van der Waals surface area contributed by atoms with Crippen LogP contribution in [0.5, 0.6) is 0 Å². The minimum atomic E-state index is -1.52. The van der Waals surface area contributed by atoms with Crippen molar-refractivity contribution in [3.8, 4) is 11.3 Å². The number of halogens is 4. The van der Waals surface area contributed by atoms with Crippen LogP contribution in [0.25, 0.3) is 16.9 Å². The summed E-state index contributed by atoms with van der Waals surface area (Å²) in [5.41, 5.74) is 6.69. The molecule has 0 spiro atoms. The Balaban J connectivity index is 2.30. The second kappa shape index (κ2) is 4.52. The summed E-state index contributed by atoms with van der Waals surface area (Å²) in [5, 5.41) is 0. The average molecular weight is 342 g/mol. The van der Waals surface area contributed by atoms with Gasteiger partial charge in [0.2, 0.25) is 0 Å². The SMILES string of the molecule is Nc1c(-c2cc(F)c(F)c(F)c2)nc2c(Br)cccn12. The van der Waals surface area contributed by atoms with Crippen LogP contribution in [0.2, 0.25) is 0 Å². The molecule has 0 aliphatic heterocycles. The highest BCUT2D eigenvalue weighted by molar-refractivity contribution is 9.10. The largest absolute Gasteiger partial charge is 0.383 e. The van der Waals surface area contributed by atoms with Crippen LogP contribution >= 0.6 is 15.9 Å². The van der Waals surface area contributed by atoms with Crippen LogP contribution in [0.1, 0.15) is 0 Å². The topological polar surface area (TPSA) is 43.3 Å². The van der Waals surface area contributed by atoms with Crippen LogP contribution in [0, 0.1) is 17.5 Å². The van der Waals surface area contributed by atoms with E-state index in [-0.39, 0.29) is 17.1 Å². The molecular formula is C13H7BrF3N3. The molecule has 0 aliphatic rings. The average Bonchev–Trinajstić information content (AvgIpc) is 2.75. The fraction of sp³-hybridized carbons (Fsp3) is 0. The molecule has 20 heavy (non-hydrogen) atoms. The Labute approximate surface area is 120 Å². The summed E-state index contributed by atoms with van der Waals surface area (Å²) < 4.78 is 41.8. The molecule has 0 amide bonds. The zero-order chi connectivity index (χ0) is 14.4. The second-order valence-electron chi connectivity index (χ2n) is 4.15. The van der Waals surface area contributed by atoms with Crippen molar-refractivity contribution in [1.82, 2.24) is 9.38 Å². The van der Waals surface area contributed by atoms with Crippen molar-refractivity contribution in [3.63, 3.8) is 0 Å². The highest BCUT2D eigenvalue weighted by atomic mass is 79.9. The van der Waals surface area contributed by atoms with Gasteiger partial charge in [-0.15, -0.1) is 0 Å². The molecule has 1 aromatic carbocycles. The molecule has 7 heteroatoms. The third-order valence-electron chi connectivity index (χ3n) is 2.90. The molecule has 3 nitrogen and oxygen atoms in total. The second-order valence-corrected chi connectivity index (χ2v) is 5.00. The molecule has 0 fully saturated rings. The van der Waals surface area contributed by atoms with Gasteiger partial charge in [-0.2, -0.15) is 0 Å². The number of nitrogens with zero attached hydrogens (tertiary/aromatic N) is 2. The van der Waals surface area contributed by atoms with E-state index < -0.39 is 17.5 Å². The molecule has 0 atom stereocenters. The maximum absolute atomic E-state index is 13.3. The number of rotatable bonds is 1. The third kappa shape index (κ3) is 1.85. The van der Waals surface area contributed by atoms with E-state index in [0.717, 1.165) is 12.1 Å². The van der Waals surface area contributed by atoms with Crippen molar-refractivity contribution in [3.05, 3.63) is 52.4 Å². The zero-order valence-corrected chi connectivity index (χ0v) is 11.5. The van der Waals surface area contributed by atoms with Crippen LogP contribution in [-0.2, 0) is 0 Å². The van der Waals surface area contributed by atoms with Crippen molar-refractivity contribution in [2.24, 2.45) is 0 Å². The lowest BCUT2D eigenvalue weighted by atomic mass is 10.1. The van der Waals surface area contributed by atoms with E-state index in [0.29, 0.717) is 10.1 Å². The Morgan fingerprint density at radius 2 is 1.80 bits per heavy atom. The molecule has 3 rings (SSSR count). The lowest BCUT2D eigenvalue weighted by Gasteiger charge is -2.01. The van der Waals surface area contributed by atoms with Crippen LogP contribution in [0.3, 0.4) is 0 Å². The van der Waals surface area contributed by atoms with Crippen molar-refractivity contribution < 1.29 is 13.2 Å². The number of hydrogen-bond donors (Lipinski definition) is 1. The standard InChI is InChI=1S/C13H7BrF3N3/c14-7-2-1-3-20-12(18)11(19-13(7)20)6-4-8(15)10(17)9(16)5-6/h1-5H,18H2. The van der Waals surface area contributed by atoms with Gasteiger partial charge < -0.3 is 5.73 Å². The maximum Gasteiger partial charge on any atom is 0.194 e. The predicted molar refractivity (Wildman–Crippen MR) is 72.6 cm³/mol. The molecule has 0 unspecified atom stereocenters. The summed E-state index contributed by atoms with van der Waals surface area (Å²) in [4.78, 5) is 4.23. The third-order valence-corrected chi connectivity index (χ3v) is 3.52. The van der Waals surface area contributed by atoms with E-state index >= 15 is 0 Å². The van der Waals surface area contributed by atoms with Gasteiger partial charge in [0.15, 0.2) is 23.1 Å². The Kier molecular flexibility index (Phi) is 2.93. The summed E-state index contributed by atoms with van der Waals surface area (Å²) in [6, 6.07) is 5.23. The summed E-state index contributed by atoms with van der Waals surface area (Å²) in [6.45, 7) is 0. The zero-order valence-electron chi connectivity index (χ0n) is 9.87. The molecule has 3 aromatic rings. The van der Waals surface area contributed by atoms with Crippen LogP contribution in [-0.4, -0.2) is 9.38 Å². The number of fused-ring (bicyclic) bond motifs is 1. The summed E-state index contributed by atoms with van der Waals surface area (Å²) in [5.74, 6) is -3.87. The van der Waals surface area contributed by atoms with E-state index in [2.05, 4.69) is 20.9 Å². The van der Waals surface area contributed by atoms with Crippen LogP contribution in [0.4, 0.5) is 19.0 Å². The molecule has 2 heterocycles. The van der Waals surface area contributed by atoms with Gasteiger partial charge in [-0.05, 0) is 40.2 Å². The van der Waals surface area contributed by atoms with Crippen LogP contribution < -0.4 is 5.73 Å². The quantitative estimate of drug-likeness (QED) is 0.685. The number of hydrogen-bond acceptors (Lipinski definition) is 2. The summed E-state index contributed by atoms with van der Waals surface area (Å²) in [7, 11) is 0. The Morgan fingerprint density at radius 3 is 2.40 bits per heavy atom. The van der Waals surface area contributed by atoms with Gasteiger partial charge in [0.25, 0.3) is 0 Å². The predicted octanol–water partition coefficient (Wildman–Crippen LogP) is 3.76. The van der Waals surface area contributed by atoms with Gasteiger partial charge in [0.1, 0.15) is 11.5 Å². The lowest BCUT2D eigenvalue weighted by molar-refractivity contribution is 0.447. The van der Waals surface area contributed by atoms with Crippen LogP contribution in [0.15, 0.2) is 34.9 Å². The van der Waals surface area contributed by atoms with Gasteiger partial charge in [0.05, 0.1) is 4.47 Å². The molecule has 2 aromatic heterocycles. The number of nitrogen functional groups attached to an aromatic ring is 1. The van der Waals surface area contributed by atoms with E-state index in [1.165, 1.54) is 0 Å². The van der Waals surface area contributed by atoms with Gasteiger partial charge in [-0.3, -0.25) is 4.40 Å². The maximum atomic E-state index is 13.3. The van der Waals surface area contributed by atoms with Crippen molar-refractivity contribution in [2.75, 3.05) is 5.73 Å². The Morgan fingerprint density at radius 1 is 1.15 bits per heavy atom. The van der Waals surface area contributed by atoms with E-state index in [1.807, 2.05) is 0 Å². The number of nitrogens with two attached hydrogens (primary N) is 1. The molecular weight excluding hydrogens is 335 g/mol. The first-order chi connectivity index (χ1) is 9.49. The highest BCUT2D eigenvalue weighted by Crippen LogP contribution is 2.30. The molecule has 0 saturated heterocycles. The first-order valence-corrected chi connectivity index (χ1v) is 6.35. The van der Waals surface area contributed by atoms with Gasteiger partial charge >= 0.3 is 0 Å². The highest BCUT2D eigenvalue weighted by Gasteiger charge is 2.17. The molecule has 0 radical (unpaired) electrons. The first-order valence-electron chi connectivity index (χ1n) is 5.56. The Hall–Kier alpha value is -2.02. The fourth-order valence-electron chi connectivity index (χ4n) is 1.96. The number of aromatic nitrogens is 2. The smallest absolute Gasteiger partial charge is 0.194 e. The van der Waals surface area contributed by atoms with Crippen molar-refractivity contribution in [2.45, 2.75) is 0 Å². The van der Waals surface area contributed by atoms with Gasteiger partial charge in [-0.25, -0.2) is 18.2 Å². The molecule has 102 valence electrons. The Bertz CT molecular complexity index is 806. The van der Waals surface area contributed by atoms with Gasteiger partial charge in [0, 0.05) is 11.8 Å². The van der Waals surface area contributed by atoms with Gasteiger partial charge in [-0.1, -0.05) is 0 Å². The number of imidazole rings is 1. The number of anilines is 1. The summed E-state index contributed by atoms with van der Waals surface area (Å²) >= 11 is 3.31. The van der Waals surface area contributed by atoms with E-state index in [1.54, 1.807) is 22.7 Å². The fourth-order valence-corrected chi connectivity index (χ4v) is 2.39. The number of benzene rings is 1. The normalized spacial score (nSPS) is 11.2. The molecule has 0 bridgehead atoms. The summed E-state index contributed by atoms with van der Waals surface area (Å²) in [6.07, 6.45) is 1.67. The molecule has 0 saturated carbocycles.